The zero-order chi connectivity index (χ0) is 14.0. The first-order chi connectivity index (χ1) is 8.88. The molecule has 2 aromatic heterocycles. The second kappa shape index (κ2) is 4.91. The van der Waals surface area contributed by atoms with Gasteiger partial charge in [-0.25, -0.2) is 4.98 Å². The van der Waals surface area contributed by atoms with Gasteiger partial charge in [-0.2, -0.15) is 18.3 Å². The van der Waals surface area contributed by atoms with Gasteiger partial charge in [0, 0.05) is 31.5 Å². The Balaban J connectivity index is 2.18. The van der Waals surface area contributed by atoms with Crippen LogP contribution in [-0.4, -0.2) is 14.8 Å². The quantitative estimate of drug-likeness (QED) is 0.932. The summed E-state index contributed by atoms with van der Waals surface area (Å²) in [5.74, 6) is -0.168. The van der Waals surface area contributed by atoms with Gasteiger partial charge >= 0.3 is 6.18 Å². The van der Waals surface area contributed by atoms with Crippen molar-refractivity contribution in [1.29, 1.82) is 0 Å². The smallest absolute Gasteiger partial charge is 0.365 e. The van der Waals surface area contributed by atoms with Gasteiger partial charge in [0.1, 0.15) is 5.82 Å². The minimum Gasteiger partial charge on any atom is -0.365 e. The van der Waals surface area contributed by atoms with Gasteiger partial charge in [-0.05, 0) is 19.1 Å². The Hall–Kier alpha value is -2.05. The lowest BCUT2D eigenvalue weighted by Gasteiger charge is -2.12. The lowest BCUT2D eigenvalue weighted by atomic mass is 10.2. The molecular formula is C12H13F3N4. The van der Waals surface area contributed by atoms with Crippen molar-refractivity contribution in [2.45, 2.75) is 19.6 Å². The maximum absolute atomic E-state index is 12.8. The predicted molar refractivity (Wildman–Crippen MR) is 64.5 cm³/mol. The maximum Gasteiger partial charge on any atom is 0.419 e. The van der Waals surface area contributed by atoms with E-state index in [0.29, 0.717) is 0 Å². The van der Waals surface area contributed by atoms with E-state index in [-0.39, 0.29) is 12.4 Å². The third-order valence-corrected chi connectivity index (χ3v) is 2.67. The molecule has 0 saturated heterocycles. The number of pyridine rings is 1. The number of rotatable bonds is 3. The Morgan fingerprint density at radius 2 is 2.11 bits per heavy atom. The van der Waals surface area contributed by atoms with E-state index in [0.717, 1.165) is 17.3 Å². The van der Waals surface area contributed by atoms with Crippen LogP contribution in [0.3, 0.4) is 0 Å². The van der Waals surface area contributed by atoms with Crippen LogP contribution in [0.5, 0.6) is 0 Å². The molecule has 0 spiro atoms. The molecule has 0 unspecified atom stereocenters. The van der Waals surface area contributed by atoms with Gasteiger partial charge in [-0.1, -0.05) is 0 Å². The summed E-state index contributed by atoms with van der Waals surface area (Å²) >= 11 is 0. The highest BCUT2D eigenvalue weighted by molar-refractivity contribution is 5.46. The summed E-state index contributed by atoms with van der Waals surface area (Å²) in [6.45, 7) is 2.06. The maximum atomic E-state index is 12.8. The largest absolute Gasteiger partial charge is 0.419 e. The van der Waals surface area contributed by atoms with E-state index in [2.05, 4.69) is 15.4 Å². The number of aryl methyl sites for hydroxylation is 2. The lowest BCUT2D eigenvalue weighted by molar-refractivity contribution is -0.137. The lowest BCUT2D eigenvalue weighted by Crippen LogP contribution is -2.12. The van der Waals surface area contributed by atoms with Gasteiger partial charge in [0.25, 0.3) is 0 Å². The SMILES string of the molecule is Cc1nn(C)cc1CNc1ncccc1C(F)(F)F. The van der Waals surface area contributed by atoms with Crippen molar-refractivity contribution in [2.75, 3.05) is 5.32 Å². The van der Waals surface area contributed by atoms with Crippen LogP contribution in [0.1, 0.15) is 16.8 Å². The summed E-state index contributed by atoms with van der Waals surface area (Å²) in [6, 6.07) is 2.27. The van der Waals surface area contributed by atoms with Crippen molar-refractivity contribution in [3.05, 3.63) is 41.3 Å². The summed E-state index contributed by atoms with van der Waals surface area (Å²) in [5, 5.41) is 6.83. The molecule has 0 saturated carbocycles. The van der Waals surface area contributed by atoms with Gasteiger partial charge in [0.05, 0.1) is 11.3 Å². The molecule has 0 radical (unpaired) electrons. The zero-order valence-corrected chi connectivity index (χ0v) is 10.5. The number of nitrogens with zero attached hydrogens (tertiary/aromatic N) is 3. The number of halogens is 3. The molecule has 2 aromatic rings. The summed E-state index contributed by atoms with van der Waals surface area (Å²) in [6.07, 6.45) is -1.33. The molecule has 7 heteroatoms. The Morgan fingerprint density at radius 1 is 1.37 bits per heavy atom. The highest BCUT2D eigenvalue weighted by Gasteiger charge is 2.34. The number of aromatic nitrogens is 3. The number of anilines is 1. The Kier molecular flexibility index (Phi) is 3.46. The summed E-state index contributed by atoms with van der Waals surface area (Å²) < 4.78 is 39.9. The molecule has 0 amide bonds. The first-order valence-corrected chi connectivity index (χ1v) is 5.63. The molecule has 2 rings (SSSR count). The van der Waals surface area contributed by atoms with Gasteiger partial charge in [0.2, 0.25) is 0 Å². The van der Waals surface area contributed by atoms with Crippen LogP contribution in [0.15, 0.2) is 24.5 Å². The molecule has 0 fully saturated rings. The van der Waals surface area contributed by atoms with E-state index in [1.165, 1.54) is 12.3 Å². The third-order valence-electron chi connectivity index (χ3n) is 2.67. The molecular weight excluding hydrogens is 257 g/mol. The summed E-state index contributed by atoms with van der Waals surface area (Å²) in [7, 11) is 1.76. The minimum atomic E-state index is -4.42. The van der Waals surface area contributed by atoms with Crippen molar-refractivity contribution < 1.29 is 13.2 Å². The van der Waals surface area contributed by atoms with Crippen LogP contribution in [0.4, 0.5) is 19.0 Å². The average molecular weight is 270 g/mol. The first-order valence-electron chi connectivity index (χ1n) is 5.63. The van der Waals surface area contributed by atoms with E-state index in [1.54, 1.807) is 24.9 Å². The Morgan fingerprint density at radius 3 is 2.68 bits per heavy atom. The molecule has 4 nitrogen and oxygen atoms in total. The topological polar surface area (TPSA) is 42.7 Å². The normalized spacial score (nSPS) is 11.6. The fraction of sp³-hybridized carbons (Fsp3) is 0.333. The molecule has 2 heterocycles. The van der Waals surface area contributed by atoms with Crippen molar-refractivity contribution in [1.82, 2.24) is 14.8 Å². The molecule has 1 N–H and O–H groups in total. The fourth-order valence-electron chi connectivity index (χ4n) is 1.78. The van der Waals surface area contributed by atoms with Crippen molar-refractivity contribution >= 4 is 5.82 Å². The van der Waals surface area contributed by atoms with Gasteiger partial charge in [0.15, 0.2) is 0 Å². The van der Waals surface area contributed by atoms with Gasteiger partial charge in [-0.15, -0.1) is 0 Å². The molecule has 0 aliphatic heterocycles. The molecule has 0 bridgehead atoms. The van der Waals surface area contributed by atoms with Crippen molar-refractivity contribution in [3.63, 3.8) is 0 Å². The summed E-state index contributed by atoms with van der Waals surface area (Å²) in [5.41, 5.74) is 0.845. The number of nitrogens with one attached hydrogen (secondary N) is 1. The van der Waals surface area contributed by atoms with Crippen LogP contribution < -0.4 is 5.32 Å². The Labute approximate surface area is 108 Å². The highest BCUT2D eigenvalue weighted by atomic mass is 19.4. The standard InChI is InChI=1S/C12H13F3N4/c1-8-9(7-19(2)18-8)6-17-11-10(12(13,14)15)4-3-5-16-11/h3-5,7H,6H2,1-2H3,(H,16,17). The number of hydrogen-bond donors (Lipinski definition) is 1. The molecule has 0 aromatic carbocycles. The highest BCUT2D eigenvalue weighted by Crippen LogP contribution is 2.33. The van der Waals surface area contributed by atoms with Crippen molar-refractivity contribution in [3.8, 4) is 0 Å². The van der Waals surface area contributed by atoms with Crippen LogP contribution in [0, 0.1) is 6.92 Å². The number of hydrogen-bond acceptors (Lipinski definition) is 3. The van der Waals surface area contributed by atoms with E-state index in [9.17, 15) is 13.2 Å². The average Bonchev–Trinajstić information content (AvgIpc) is 2.64. The van der Waals surface area contributed by atoms with Gasteiger partial charge < -0.3 is 5.32 Å². The van der Waals surface area contributed by atoms with Gasteiger partial charge in [-0.3, -0.25) is 4.68 Å². The van der Waals surface area contributed by atoms with Crippen LogP contribution >= 0.6 is 0 Å². The number of alkyl halides is 3. The van der Waals surface area contributed by atoms with Crippen LogP contribution in [0.25, 0.3) is 0 Å². The Bertz CT molecular complexity index is 575. The summed E-state index contributed by atoms with van der Waals surface area (Å²) in [4.78, 5) is 3.74. The zero-order valence-electron chi connectivity index (χ0n) is 10.5. The van der Waals surface area contributed by atoms with Crippen LogP contribution in [-0.2, 0) is 19.8 Å². The molecule has 0 aliphatic carbocycles. The van der Waals surface area contributed by atoms with E-state index >= 15 is 0 Å². The fourth-order valence-corrected chi connectivity index (χ4v) is 1.78. The molecule has 0 aliphatic rings. The van der Waals surface area contributed by atoms with E-state index < -0.39 is 11.7 Å². The predicted octanol–water partition coefficient (Wildman–Crippen LogP) is 2.75. The molecule has 19 heavy (non-hydrogen) atoms. The van der Waals surface area contributed by atoms with Crippen molar-refractivity contribution in [2.24, 2.45) is 7.05 Å². The first kappa shape index (κ1) is 13.4. The molecule has 0 atom stereocenters. The van der Waals surface area contributed by atoms with E-state index in [1.807, 2.05) is 0 Å². The van der Waals surface area contributed by atoms with E-state index in [4.69, 9.17) is 0 Å². The van der Waals surface area contributed by atoms with Crippen LogP contribution in [0.2, 0.25) is 0 Å². The molecule has 102 valence electrons. The second-order valence-corrected chi connectivity index (χ2v) is 4.16. The second-order valence-electron chi connectivity index (χ2n) is 4.16. The monoisotopic (exact) mass is 270 g/mol. The third kappa shape index (κ3) is 3.04. The minimum absolute atomic E-state index is 0.168.